The first-order chi connectivity index (χ1) is 16.0. The summed E-state index contributed by atoms with van der Waals surface area (Å²) in [7, 11) is 1.37. The van der Waals surface area contributed by atoms with Crippen LogP contribution in [0.3, 0.4) is 0 Å². The maximum atomic E-state index is 13.8. The lowest BCUT2D eigenvalue weighted by Crippen LogP contribution is -2.45. The van der Waals surface area contributed by atoms with E-state index >= 15 is 0 Å². The Hall–Kier alpha value is -2.80. The number of esters is 1. The van der Waals surface area contributed by atoms with Gasteiger partial charge in [-0.15, -0.1) is 0 Å². The number of oxime groups is 1. The molecule has 0 amide bonds. The summed E-state index contributed by atoms with van der Waals surface area (Å²) in [5, 5.41) is 13.1. The van der Waals surface area contributed by atoms with Crippen molar-refractivity contribution in [2.24, 2.45) is 11.1 Å². The van der Waals surface area contributed by atoms with Crippen LogP contribution in [0, 0.1) is 17.6 Å². The molecule has 0 radical (unpaired) electrons. The van der Waals surface area contributed by atoms with Gasteiger partial charge in [0.15, 0.2) is 0 Å². The van der Waals surface area contributed by atoms with Crippen molar-refractivity contribution in [3.63, 3.8) is 0 Å². The molecular weight excluding hydrogens is 426 g/mol. The molecule has 7 heteroatoms. The van der Waals surface area contributed by atoms with Crippen LogP contribution in [0.1, 0.15) is 56.1 Å². The highest BCUT2D eigenvalue weighted by Crippen LogP contribution is 2.29. The van der Waals surface area contributed by atoms with E-state index in [1.54, 1.807) is 0 Å². The number of benzene rings is 2. The second kappa shape index (κ2) is 12.4. The van der Waals surface area contributed by atoms with Crippen molar-refractivity contribution >= 4 is 11.7 Å². The smallest absolute Gasteiger partial charge is 0.323 e. The van der Waals surface area contributed by atoms with E-state index in [4.69, 9.17) is 4.74 Å². The van der Waals surface area contributed by atoms with E-state index in [0.29, 0.717) is 18.9 Å². The Bertz CT molecular complexity index is 908. The van der Waals surface area contributed by atoms with Gasteiger partial charge in [0.05, 0.1) is 7.11 Å². The average molecular weight is 459 g/mol. The van der Waals surface area contributed by atoms with Gasteiger partial charge in [-0.2, -0.15) is 0 Å². The number of carbonyl (C=O) groups excluding carboxylic acids is 1. The normalized spacial score (nSPS) is 16.4. The second-order valence-electron chi connectivity index (χ2n) is 8.73. The van der Waals surface area contributed by atoms with Gasteiger partial charge in [-0.25, -0.2) is 8.78 Å². The van der Waals surface area contributed by atoms with Crippen molar-refractivity contribution in [3.05, 3.63) is 71.3 Å². The fraction of sp³-hybridized carbons (Fsp3) is 0.462. The van der Waals surface area contributed by atoms with Crippen LogP contribution in [0.15, 0.2) is 53.7 Å². The van der Waals surface area contributed by atoms with Crippen molar-refractivity contribution in [1.29, 1.82) is 0 Å². The predicted molar refractivity (Wildman–Crippen MR) is 123 cm³/mol. The van der Waals surface area contributed by atoms with Crippen molar-refractivity contribution < 1.29 is 23.5 Å². The summed E-state index contributed by atoms with van der Waals surface area (Å²) < 4.78 is 32.8. The Morgan fingerprint density at radius 2 is 1.73 bits per heavy atom. The Balaban J connectivity index is 1.91. The number of rotatable bonds is 9. The zero-order valence-corrected chi connectivity index (χ0v) is 19.1. The van der Waals surface area contributed by atoms with Gasteiger partial charge in [-0.3, -0.25) is 9.69 Å². The quantitative estimate of drug-likeness (QED) is 0.176. The Kier molecular flexibility index (Phi) is 9.36. The molecule has 0 aromatic heterocycles. The van der Waals surface area contributed by atoms with E-state index in [9.17, 15) is 18.8 Å². The summed E-state index contributed by atoms with van der Waals surface area (Å²) in [5.41, 5.74) is 1.18. The van der Waals surface area contributed by atoms with Gasteiger partial charge in [0.25, 0.3) is 0 Å². The summed E-state index contributed by atoms with van der Waals surface area (Å²) in [4.78, 5) is 14.8. The fourth-order valence-corrected chi connectivity index (χ4v) is 4.63. The van der Waals surface area contributed by atoms with E-state index in [1.165, 1.54) is 20.0 Å². The van der Waals surface area contributed by atoms with Crippen LogP contribution >= 0.6 is 0 Å². The topological polar surface area (TPSA) is 62.1 Å². The molecule has 1 atom stereocenters. The molecule has 1 fully saturated rings. The standard InChI is InChI=1S/C26H32F2N2O3/c1-33-26(31)25(13-19-9-5-2-3-6-10-19)30(17-20-11-7-4-8-12-20)18-24(29-32)21-14-22(27)16-23(28)15-21/h4,7-8,11-12,14-16,19,25,32H,2-3,5-6,9-10,13,17-18H2,1H3/t25-/m0/s1. The number of ether oxygens (including phenoxy) is 1. The maximum absolute atomic E-state index is 13.8. The Morgan fingerprint density at radius 3 is 2.30 bits per heavy atom. The molecule has 178 valence electrons. The molecule has 2 aromatic carbocycles. The first kappa shape index (κ1) is 24.8. The predicted octanol–water partition coefficient (Wildman–Crippen LogP) is 5.55. The van der Waals surface area contributed by atoms with Crippen LogP contribution in [0.5, 0.6) is 0 Å². The molecule has 0 saturated heterocycles. The number of halogens is 2. The van der Waals surface area contributed by atoms with Gasteiger partial charge < -0.3 is 9.94 Å². The molecule has 2 aromatic rings. The van der Waals surface area contributed by atoms with Crippen LogP contribution < -0.4 is 0 Å². The largest absolute Gasteiger partial charge is 0.468 e. The summed E-state index contributed by atoms with van der Waals surface area (Å²) >= 11 is 0. The van der Waals surface area contributed by atoms with Crippen LogP contribution in [0.2, 0.25) is 0 Å². The third kappa shape index (κ3) is 7.35. The van der Waals surface area contributed by atoms with Gasteiger partial charge in [0.1, 0.15) is 23.4 Å². The minimum Gasteiger partial charge on any atom is -0.468 e. The monoisotopic (exact) mass is 458 g/mol. The number of methoxy groups -OCH3 is 1. The van der Waals surface area contributed by atoms with E-state index < -0.39 is 17.7 Å². The molecule has 1 aliphatic carbocycles. The van der Waals surface area contributed by atoms with Gasteiger partial charge in [0, 0.05) is 24.7 Å². The first-order valence-electron chi connectivity index (χ1n) is 11.5. The minimum absolute atomic E-state index is 0.0285. The summed E-state index contributed by atoms with van der Waals surface area (Å²) in [6, 6.07) is 12.1. The summed E-state index contributed by atoms with van der Waals surface area (Å²) in [6.45, 7) is 0.422. The molecular formula is C26H32F2N2O3. The number of nitrogens with zero attached hydrogens (tertiary/aromatic N) is 2. The first-order valence-corrected chi connectivity index (χ1v) is 11.5. The highest BCUT2D eigenvalue weighted by Gasteiger charge is 2.31. The van der Waals surface area contributed by atoms with Gasteiger partial charge in [-0.05, 0) is 30.0 Å². The molecule has 1 aliphatic rings. The van der Waals surface area contributed by atoms with Crippen molar-refractivity contribution in [1.82, 2.24) is 4.90 Å². The van der Waals surface area contributed by atoms with Crippen LogP contribution in [0.4, 0.5) is 8.78 Å². The zero-order chi connectivity index (χ0) is 23.6. The van der Waals surface area contributed by atoms with Crippen molar-refractivity contribution in [2.75, 3.05) is 13.7 Å². The van der Waals surface area contributed by atoms with Crippen molar-refractivity contribution in [2.45, 2.75) is 57.5 Å². The molecule has 3 rings (SSSR count). The molecule has 1 N–H and O–H groups in total. The molecule has 0 aliphatic heterocycles. The number of carbonyl (C=O) groups is 1. The Morgan fingerprint density at radius 1 is 1.09 bits per heavy atom. The van der Waals surface area contributed by atoms with Crippen LogP contribution in [-0.2, 0) is 16.1 Å². The molecule has 33 heavy (non-hydrogen) atoms. The molecule has 0 spiro atoms. The van der Waals surface area contributed by atoms with Crippen LogP contribution in [-0.4, -0.2) is 41.5 Å². The summed E-state index contributed by atoms with van der Waals surface area (Å²) in [6.07, 6.45) is 7.44. The average Bonchev–Trinajstić information content (AvgIpc) is 3.08. The van der Waals surface area contributed by atoms with E-state index in [2.05, 4.69) is 5.16 Å². The third-order valence-electron chi connectivity index (χ3n) is 6.34. The lowest BCUT2D eigenvalue weighted by atomic mass is 9.91. The van der Waals surface area contributed by atoms with Crippen LogP contribution in [0.25, 0.3) is 0 Å². The maximum Gasteiger partial charge on any atom is 0.323 e. The highest BCUT2D eigenvalue weighted by atomic mass is 19.1. The molecule has 1 saturated carbocycles. The van der Waals surface area contributed by atoms with E-state index in [0.717, 1.165) is 49.4 Å². The number of hydrogen-bond acceptors (Lipinski definition) is 5. The van der Waals surface area contributed by atoms with E-state index in [-0.39, 0.29) is 23.8 Å². The Labute approximate surface area is 194 Å². The lowest BCUT2D eigenvalue weighted by Gasteiger charge is -2.32. The lowest BCUT2D eigenvalue weighted by molar-refractivity contribution is -0.147. The molecule has 0 unspecified atom stereocenters. The second-order valence-corrected chi connectivity index (χ2v) is 8.73. The number of hydrogen-bond donors (Lipinski definition) is 1. The highest BCUT2D eigenvalue weighted by molar-refractivity contribution is 6.02. The molecule has 5 nitrogen and oxygen atoms in total. The zero-order valence-electron chi connectivity index (χ0n) is 19.1. The van der Waals surface area contributed by atoms with Gasteiger partial charge in [-0.1, -0.05) is 74.0 Å². The third-order valence-corrected chi connectivity index (χ3v) is 6.34. The van der Waals surface area contributed by atoms with Gasteiger partial charge >= 0.3 is 5.97 Å². The SMILES string of the molecule is COC(=O)[C@H](CC1CCCCCC1)N(CC(=NO)c1cc(F)cc(F)c1)Cc1ccccc1. The molecule has 0 heterocycles. The summed E-state index contributed by atoms with van der Waals surface area (Å²) in [5.74, 6) is -1.50. The fourth-order valence-electron chi connectivity index (χ4n) is 4.63. The van der Waals surface area contributed by atoms with Gasteiger partial charge in [0.2, 0.25) is 0 Å². The molecule has 0 bridgehead atoms. The van der Waals surface area contributed by atoms with Crippen molar-refractivity contribution in [3.8, 4) is 0 Å². The minimum atomic E-state index is -0.760. The van der Waals surface area contributed by atoms with E-state index in [1.807, 2.05) is 35.2 Å².